The van der Waals surface area contributed by atoms with E-state index in [1.807, 2.05) is 78.9 Å². The molecular formula is C32H33N5O6. The van der Waals surface area contributed by atoms with Crippen LogP contribution in [0.15, 0.2) is 91.5 Å². The van der Waals surface area contributed by atoms with Crippen LogP contribution in [0.5, 0.6) is 11.5 Å². The molecule has 0 unspecified atom stereocenters. The topological polar surface area (TPSA) is 147 Å². The Morgan fingerprint density at radius 2 is 1.47 bits per heavy atom. The number of imidazole rings is 1. The van der Waals surface area contributed by atoms with E-state index >= 15 is 0 Å². The molecular weight excluding hydrogens is 550 g/mol. The lowest BCUT2D eigenvalue weighted by atomic mass is 9.80. The highest BCUT2D eigenvalue weighted by molar-refractivity contribution is 5.81. The maximum absolute atomic E-state index is 11.5. The molecule has 0 radical (unpaired) electrons. The lowest BCUT2D eigenvalue weighted by molar-refractivity contribution is -0.103. The van der Waals surface area contributed by atoms with Gasteiger partial charge in [0.05, 0.1) is 27.2 Å². The Labute approximate surface area is 248 Å². The highest BCUT2D eigenvalue weighted by Gasteiger charge is 2.54. The van der Waals surface area contributed by atoms with E-state index in [2.05, 4.69) is 15.0 Å². The van der Waals surface area contributed by atoms with E-state index in [0.717, 1.165) is 16.7 Å². The van der Waals surface area contributed by atoms with Gasteiger partial charge in [-0.05, 0) is 47.9 Å². The number of hydrogen-bond donors (Lipinski definition) is 3. The second kappa shape index (κ2) is 11.3. The number of ether oxygens (including phenoxy) is 4. The van der Waals surface area contributed by atoms with Crippen LogP contribution in [0.4, 0.5) is 5.82 Å². The van der Waals surface area contributed by atoms with Gasteiger partial charge in [0, 0.05) is 0 Å². The smallest absolute Gasteiger partial charge is 0.168 e. The summed E-state index contributed by atoms with van der Waals surface area (Å²) in [6.07, 6.45) is -0.476. The number of fused-ring (bicyclic) bond motifs is 1. The van der Waals surface area contributed by atoms with E-state index in [0.29, 0.717) is 22.7 Å². The number of anilines is 1. The van der Waals surface area contributed by atoms with E-state index in [1.165, 1.54) is 19.6 Å². The van der Waals surface area contributed by atoms with Gasteiger partial charge in [-0.3, -0.25) is 4.57 Å². The van der Waals surface area contributed by atoms with Gasteiger partial charge in [-0.15, -0.1) is 0 Å². The predicted molar refractivity (Wildman–Crippen MR) is 159 cm³/mol. The molecule has 43 heavy (non-hydrogen) atoms. The summed E-state index contributed by atoms with van der Waals surface area (Å²) in [5.41, 5.74) is 6.39. The first-order chi connectivity index (χ1) is 20.8. The minimum Gasteiger partial charge on any atom is -0.497 e. The fraction of sp³-hybridized carbons (Fsp3) is 0.281. The van der Waals surface area contributed by atoms with Gasteiger partial charge >= 0.3 is 0 Å². The zero-order valence-corrected chi connectivity index (χ0v) is 24.0. The third kappa shape index (κ3) is 4.86. The van der Waals surface area contributed by atoms with Crippen LogP contribution < -0.4 is 15.2 Å². The average molecular weight is 584 g/mol. The predicted octanol–water partition coefficient (Wildman–Crippen LogP) is 3.44. The summed E-state index contributed by atoms with van der Waals surface area (Å²) in [6.45, 7) is 1.43. The van der Waals surface area contributed by atoms with Crippen molar-refractivity contribution in [3.63, 3.8) is 0 Å². The van der Waals surface area contributed by atoms with Crippen molar-refractivity contribution in [2.24, 2.45) is 0 Å². The Kier molecular flexibility index (Phi) is 7.49. The Hall–Kier alpha value is -4.55. The molecule has 1 aliphatic heterocycles. The highest BCUT2D eigenvalue weighted by atomic mass is 16.6. The van der Waals surface area contributed by atoms with Gasteiger partial charge in [0.25, 0.3) is 0 Å². The van der Waals surface area contributed by atoms with Crippen molar-refractivity contribution in [1.29, 1.82) is 0 Å². The molecule has 0 aliphatic carbocycles. The third-order valence-corrected chi connectivity index (χ3v) is 8.03. The Bertz CT molecular complexity index is 1640. The Balaban J connectivity index is 1.41. The molecule has 11 nitrogen and oxygen atoms in total. The summed E-state index contributed by atoms with van der Waals surface area (Å²) >= 11 is 0. The van der Waals surface area contributed by atoms with Crippen LogP contribution in [0.3, 0.4) is 0 Å². The quantitative estimate of drug-likeness (QED) is 0.221. The molecule has 11 heteroatoms. The maximum Gasteiger partial charge on any atom is 0.168 e. The van der Waals surface area contributed by atoms with Gasteiger partial charge in [-0.1, -0.05) is 54.6 Å². The van der Waals surface area contributed by atoms with Gasteiger partial charge in [0.2, 0.25) is 0 Å². The minimum atomic E-state index is -1.71. The van der Waals surface area contributed by atoms with Crippen molar-refractivity contribution in [3.05, 3.63) is 108 Å². The van der Waals surface area contributed by atoms with Crippen LogP contribution in [0, 0.1) is 0 Å². The maximum atomic E-state index is 11.5. The van der Waals surface area contributed by atoms with Gasteiger partial charge in [0.1, 0.15) is 46.8 Å². The zero-order valence-electron chi connectivity index (χ0n) is 24.0. The fourth-order valence-electron chi connectivity index (χ4n) is 5.70. The molecule has 1 saturated heterocycles. The molecule has 1 fully saturated rings. The molecule has 6 rings (SSSR count). The SMILES string of the molecule is COc1ccc(C(OC[C@H]2O[C@@H](n3cnc4c(N)ncnc43)[C@](C)(O)[C@@H]2O)(c2ccccc2)c2ccc(OC)cc2)cc1. The lowest BCUT2D eigenvalue weighted by Crippen LogP contribution is -2.45. The first kappa shape index (κ1) is 28.6. The summed E-state index contributed by atoms with van der Waals surface area (Å²) in [6, 6.07) is 25.1. The van der Waals surface area contributed by atoms with Crippen molar-refractivity contribution in [2.45, 2.75) is 36.6 Å². The number of nitrogens with two attached hydrogens (primary N) is 1. The number of aliphatic hydroxyl groups is 2. The largest absolute Gasteiger partial charge is 0.497 e. The second-order valence-corrected chi connectivity index (χ2v) is 10.6. The van der Waals surface area contributed by atoms with Gasteiger partial charge < -0.3 is 34.9 Å². The summed E-state index contributed by atoms with van der Waals surface area (Å²) in [5, 5.41) is 22.9. The Morgan fingerprint density at radius 3 is 2.05 bits per heavy atom. The van der Waals surface area contributed by atoms with Crippen LogP contribution in [-0.2, 0) is 15.1 Å². The first-order valence-electron chi connectivity index (χ1n) is 13.8. The molecule has 1 aliphatic rings. The summed E-state index contributed by atoms with van der Waals surface area (Å²) in [4.78, 5) is 12.6. The second-order valence-electron chi connectivity index (χ2n) is 10.6. The molecule has 3 heterocycles. The van der Waals surface area contributed by atoms with Crippen molar-refractivity contribution in [1.82, 2.24) is 19.5 Å². The van der Waals surface area contributed by atoms with Crippen LogP contribution in [-0.4, -0.2) is 68.4 Å². The molecule has 2 aromatic heterocycles. The molecule has 0 amide bonds. The highest BCUT2D eigenvalue weighted by Crippen LogP contribution is 2.44. The third-order valence-electron chi connectivity index (χ3n) is 8.03. The van der Waals surface area contributed by atoms with Crippen LogP contribution in [0.25, 0.3) is 11.2 Å². The van der Waals surface area contributed by atoms with Crippen LogP contribution in [0.2, 0.25) is 0 Å². The summed E-state index contributed by atoms with van der Waals surface area (Å²) in [5.74, 6) is 1.60. The van der Waals surface area contributed by atoms with Crippen molar-refractivity contribution in [2.75, 3.05) is 26.6 Å². The molecule has 0 spiro atoms. The molecule has 4 N–H and O–H groups in total. The number of methoxy groups -OCH3 is 2. The van der Waals surface area contributed by atoms with E-state index in [-0.39, 0.29) is 12.4 Å². The number of hydrogen-bond acceptors (Lipinski definition) is 10. The van der Waals surface area contributed by atoms with E-state index in [9.17, 15) is 10.2 Å². The Morgan fingerprint density at radius 1 is 0.884 bits per heavy atom. The standard InChI is InChI=1S/C32H33N5O6/c1-31(39)27(38)25(43-30(31)37-19-36-26-28(33)34-18-35-29(26)37)17-42-32(20-7-5-4-6-8-20,21-9-13-23(40-2)14-10-21)22-11-15-24(41-3)16-12-22/h4-16,18-19,25,27,30,38-39H,17H2,1-3H3,(H2,33,34,35)/t25-,27-,30-,31-/m1/s1. The van der Waals surface area contributed by atoms with Gasteiger partial charge in [-0.2, -0.15) is 0 Å². The van der Waals surface area contributed by atoms with Crippen LogP contribution in [0.1, 0.15) is 29.8 Å². The number of aliphatic hydroxyl groups excluding tert-OH is 1. The number of rotatable bonds is 9. The molecule has 3 aromatic carbocycles. The van der Waals surface area contributed by atoms with Crippen molar-refractivity contribution >= 4 is 17.0 Å². The molecule has 4 atom stereocenters. The molecule has 0 bridgehead atoms. The zero-order chi connectivity index (χ0) is 30.2. The van der Waals surface area contributed by atoms with Crippen molar-refractivity contribution in [3.8, 4) is 11.5 Å². The van der Waals surface area contributed by atoms with E-state index < -0.39 is 29.6 Å². The van der Waals surface area contributed by atoms with Crippen LogP contribution >= 0.6 is 0 Å². The average Bonchev–Trinajstić information content (AvgIpc) is 3.57. The van der Waals surface area contributed by atoms with Gasteiger partial charge in [-0.25, -0.2) is 15.0 Å². The van der Waals surface area contributed by atoms with E-state index in [1.54, 1.807) is 18.8 Å². The number of benzene rings is 3. The summed E-state index contributed by atoms with van der Waals surface area (Å²) in [7, 11) is 3.23. The number of nitrogens with zero attached hydrogens (tertiary/aromatic N) is 4. The first-order valence-corrected chi connectivity index (χ1v) is 13.8. The molecule has 5 aromatic rings. The van der Waals surface area contributed by atoms with Gasteiger partial charge in [0.15, 0.2) is 17.7 Å². The number of nitrogen functional groups attached to an aromatic ring is 1. The van der Waals surface area contributed by atoms with E-state index in [4.69, 9.17) is 24.7 Å². The normalized spacial score (nSPS) is 22.1. The molecule has 0 saturated carbocycles. The van der Waals surface area contributed by atoms with Crippen molar-refractivity contribution < 1.29 is 29.2 Å². The monoisotopic (exact) mass is 583 g/mol. The fourth-order valence-corrected chi connectivity index (χ4v) is 5.70. The molecule has 222 valence electrons. The minimum absolute atomic E-state index is 0.0788. The number of aromatic nitrogens is 4. The lowest BCUT2D eigenvalue weighted by Gasteiger charge is -2.37. The summed E-state index contributed by atoms with van der Waals surface area (Å²) < 4.78 is 25.6.